The first-order chi connectivity index (χ1) is 26.2. The van der Waals surface area contributed by atoms with Crippen LogP contribution in [0.4, 0.5) is 17.6 Å². The topological polar surface area (TPSA) is 145 Å². The molecule has 4 heterocycles. The number of carbonyl (C=O) groups excluding carboxylic acids is 2. The second kappa shape index (κ2) is 16.9. The molecule has 2 amide bonds. The van der Waals surface area contributed by atoms with Gasteiger partial charge in [-0.2, -0.15) is 18.3 Å². The molecule has 294 valence electrons. The zero-order valence-corrected chi connectivity index (χ0v) is 30.5. The lowest BCUT2D eigenvalue weighted by Crippen LogP contribution is -2.63. The Hall–Kier alpha value is -4.90. The third kappa shape index (κ3) is 9.86. The van der Waals surface area contributed by atoms with Crippen LogP contribution in [0.5, 0.6) is 5.75 Å². The Bertz CT molecular complexity index is 1930. The smallest absolute Gasteiger partial charge is 0.405 e. The highest BCUT2D eigenvalue weighted by Gasteiger charge is 2.42. The number of fused-ring (bicyclic) bond motifs is 1. The molecule has 16 heteroatoms. The number of pyridine rings is 1. The van der Waals surface area contributed by atoms with Crippen LogP contribution in [0.2, 0.25) is 0 Å². The molecule has 2 aliphatic heterocycles. The second-order valence-electron chi connectivity index (χ2n) is 14.5. The Morgan fingerprint density at radius 2 is 1.78 bits per heavy atom. The number of rotatable bonds is 13. The number of halogens is 4. The minimum atomic E-state index is -4.64. The van der Waals surface area contributed by atoms with Gasteiger partial charge in [-0.15, -0.1) is 0 Å². The molecule has 0 radical (unpaired) electrons. The van der Waals surface area contributed by atoms with Gasteiger partial charge < -0.3 is 25.6 Å². The molecule has 4 aromatic rings. The lowest BCUT2D eigenvalue weighted by Gasteiger charge is -2.47. The molecule has 5 atom stereocenters. The van der Waals surface area contributed by atoms with Crippen LogP contribution < -0.4 is 15.4 Å². The van der Waals surface area contributed by atoms with Gasteiger partial charge in [-0.25, -0.2) is 9.07 Å². The number of β-amino-alcohol motifs (C(OH)–C–C–N with tert-alkyl or cyclic N) is 1. The highest BCUT2D eigenvalue weighted by atomic mass is 19.4. The van der Waals surface area contributed by atoms with Gasteiger partial charge >= 0.3 is 6.18 Å². The summed E-state index contributed by atoms with van der Waals surface area (Å²) in [6.07, 6.45) is -2.38. The van der Waals surface area contributed by atoms with Gasteiger partial charge in [-0.3, -0.25) is 24.4 Å². The third-order valence-electron chi connectivity index (χ3n) is 10.3. The molecule has 0 bridgehead atoms. The molecular formula is C39H45F4N7O5. The Labute approximate surface area is 316 Å². The molecule has 0 spiro atoms. The van der Waals surface area contributed by atoms with E-state index in [0.717, 1.165) is 11.8 Å². The predicted molar refractivity (Wildman–Crippen MR) is 193 cm³/mol. The van der Waals surface area contributed by atoms with Crippen molar-refractivity contribution in [1.29, 1.82) is 0 Å². The summed E-state index contributed by atoms with van der Waals surface area (Å²) in [4.78, 5) is 34.9. The molecule has 4 N–H and O–H groups in total. The van der Waals surface area contributed by atoms with Crippen molar-refractivity contribution in [3.8, 4) is 11.4 Å². The molecule has 0 aliphatic carbocycles. The number of para-hydroxylation sites is 1. The van der Waals surface area contributed by atoms with Crippen molar-refractivity contribution in [2.24, 2.45) is 5.92 Å². The number of alkyl halides is 3. The molecule has 0 saturated carbocycles. The molecule has 1 unspecified atom stereocenters. The van der Waals surface area contributed by atoms with Crippen molar-refractivity contribution in [3.05, 3.63) is 108 Å². The van der Waals surface area contributed by atoms with E-state index in [0.29, 0.717) is 29.2 Å². The van der Waals surface area contributed by atoms with Crippen molar-refractivity contribution >= 4 is 11.8 Å². The number of aliphatic hydroxyl groups excluding tert-OH is 2. The van der Waals surface area contributed by atoms with Crippen LogP contribution in [-0.4, -0.2) is 110 Å². The van der Waals surface area contributed by atoms with E-state index in [1.54, 1.807) is 41.4 Å². The summed E-state index contributed by atoms with van der Waals surface area (Å²) in [6.45, 7) is 2.70. The first-order valence-electron chi connectivity index (χ1n) is 18.1. The molecule has 6 rings (SSSR count). The van der Waals surface area contributed by atoms with Crippen molar-refractivity contribution in [2.45, 2.75) is 62.7 Å². The Morgan fingerprint density at radius 1 is 1.04 bits per heavy atom. The van der Waals surface area contributed by atoms with Gasteiger partial charge in [0.1, 0.15) is 36.9 Å². The fourth-order valence-electron chi connectivity index (χ4n) is 7.23. The fraction of sp³-hybridized carbons (Fsp3) is 0.436. The van der Waals surface area contributed by atoms with Crippen molar-refractivity contribution < 1.29 is 42.1 Å². The molecule has 2 aromatic carbocycles. The summed E-state index contributed by atoms with van der Waals surface area (Å²) in [5, 5.41) is 31.9. The number of ether oxygens (including phenoxy) is 1. The third-order valence-corrected chi connectivity index (χ3v) is 10.3. The number of benzene rings is 2. The number of aliphatic hydroxyl groups is 2. The number of hydrogen-bond donors (Lipinski definition) is 4. The van der Waals surface area contributed by atoms with E-state index in [1.807, 2.05) is 54.4 Å². The Kier molecular flexibility index (Phi) is 12.2. The van der Waals surface area contributed by atoms with Crippen molar-refractivity contribution in [3.63, 3.8) is 0 Å². The highest BCUT2D eigenvalue weighted by Crippen LogP contribution is 2.33. The van der Waals surface area contributed by atoms with Crippen LogP contribution in [0.1, 0.15) is 43.1 Å². The fourth-order valence-corrected chi connectivity index (χ4v) is 7.23. The molecule has 1 saturated heterocycles. The predicted octanol–water partition coefficient (Wildman–Crippen LogP) is 3.53. The zero-order valence-electron chi connectivity index (χ0n) is 30.5. The monoisotopic (exact) mass is 767 g/mol. The number of piperazine rings is 1. The minimum Gasteiger partial charge on any atom is -0.490 e. The number of nitrogens with one attached hydrogen (secondary N) is 2. The van der Waals surface area contributed by atoms with E-state index < -0.39 is 66.1 Å². The number of nitrogens with zero attached hydrogens (tertiary/aromatic N) is 5. The number of amides is 2. The van der Waals surface area contributed by atoms with Crippen LogP contribution in [0.25, 0.3) is 5.69 Å². The molecule has 2 aromatic heterocycles. The zero-order chi connectivity index (χ0) is 39.3. The van der Waals surface area contributed by atoms with E-state index in [4.69, 9.17) is 4.74 Å². The van der Waals surface area contributed by atoms with E-state index in [1.165, 1.54) is 16.9 Å². The first kappa shape index (κ1) is 39.8. The van der Waals surface area contributed by atoms with Gasteiger partial charge in [0.05, 0.1) is 41.5 Å². The maximum absolute atomic E-state index is 14.0. The average Bonchev–Trinajstić information content (AvgIpc) is 3.67. The minimum absolute atomic E-state index is 0.00672. The van der Waals surface area contributed by atoms with Crippen LogP contribution in [0.3, 0.4) is 0 Å². The summed E-state index contributed by atoms with van der Waals surface area (Å²) in [5.41, 5.74) is 1.63. The molecule has 55 heavy (non-hydrogen) atoms. The van der Waals surface area contributed by atoms with Crippen molar-refractivity contribution in [2.75, 3.05) is 39.3 Å². The Morgan fingerprint density at radius 3 is 2.53 bits per heavy atom. The van der Waals surface area contributed by atoms with Gasteiger partial charge in [0.25, 0.3) is 0 Å². The second-order valence-corrected chi connectivity index (χ2v) is 14.5. The van der Waals surface area contributed by atoms with Crippen LogP contribution >= 0.6 is 0 Å². The lowest BCUT2D eigenvalue weighted by atomic mass is 9.90. The largest absolute Gasteiger partial charge is 0.490 e. The molecular weight excluding hydrogens is 722 g/mol. The van der Waals surface area contributed by atoms with Gasteiger partial charge in [-0.05, 0) is 44.4 Å². The normalized spacial score (nSPS) is 20.5. The van der Waals surface area contributed by atoms with Gasteiger partial charge in [0, 0.05) is 49.9 Å². The van der Waals surface area contributed by atoms with Gasteiger partial charge in [0.15, 0.2) is 0 Å². The maximum Gasteiger partial charge on any atom is 0.405 e. The molecule has 1 fully saturated rings. The summed E-state index contributed by atoms with van der Waals surface area (Å²) in [5.74, 6) is -2.00. The first-order valence-corrected chi connectivity index (χ1v) is 18.1. The Balaban J connectivity index is 1.19. The van der Waals surface area contributed by atoms with E-state index in [2.05, 4.69) is 15.4 Å². The standard InChI is InChI=1S/C39H45F4N7O5/c1-38(2,34-12-13-50(47-34)28-18-27(40)19-44-20-28)49-15-14-48(31(22-49)37(54)45-24-39(41,42)43)21-29(51)17-26(16-25-8-4-3-5-9-25)36(53)46-35-30-10-6-7-11-33(30)55-23-32(35)52/h3-13,18-20,26,29,31-32,35,51-52H,14-17,21-24H2,1-2H3,(H,45,54)(H,46,53)/t26-,29+,31+,32-,35?/m1/s1. The summed E-state index contributed by atoms with van der Waals surface area (Å²) in [7, 11) is 0. The van der Waals surface area contributed by atoms with Crippen LogP contribution in [-0.2, 0) is 21.5 Å². The quantitative estimate of drug-likeness (QED) is 0.150. The highest BCUT2D eigenvalue weighted by molar-refractivity contribution is 5.82. The van der Waals surface area contributed by atoms with Gasteiger partial charge in [-0.1, -0.05) is 48.5 Å². The average molecular weight is 768 g/mol. The summed E-state index contributed by atoms with van der Waals surface area (Å²) in [6, 6.07) is 17.6. The van der Waals surface area contributed by atoms with E-state index in [9.17, 15) is 37.4 Å². The van der Waals surface area contributed by atoms with Crippen molar-refractivity contribution in [1.82, 2.24) is 35.2 Å². The van der Waals surface area contributed by atoms with Gasteiger partial charge in [0.2, 0.25) is 11.8 Å². The summed E-state index contributed by atoms with van der Waals surface area (Å²) < 4.78 is 60.7. The number of carbonyl (C=O) groups is 2. The summed E-state index contributed by atoms with van der Waals surface area (Å²) >= 11 is 0. The maximum atomic E-state index is 14.0. The SMILES string of the molecule is CC(C)(c1ccn(-c2cncc(F)c2)n1)N1CCN(C[C@@H](O)C[C@@H](Cc2ccccc2)C(=O)NC2c3ccccc3OC[C@H]2O)[C@H](C(=O)NCC(F)(F)F)C1. The molecule has 2 aliphatic rings. The van der Waals surface area contributed by atoms with E-state index in [-0.39, 0.29) is 39.1 Å². The number of hydrogen-bond acceptors (Lipinski definition) is 9. The van der Waals surface area contributed by atoms with Crippen LogP contribution in [0, 0.1) is 11.7 Å². The molecule has 12 nitrogen and oxygen atoms in total. The number of aromatic nitrogens is 3. The van der Waals surface area contributed by atoms with Crippen LogP contribution in [0.15, 0.2) is 85.3 Å². The van der Waals surface area contributed by atoms with E-state index >= 15 is 0 Å². The lowest BCUT2D eigenvalue weighted by molar-refractivity contribution is -0.144.